The summed E-state index contributed by atoms with van der Waals surface area (Å²) < 4.78 is 14.1. The van der Waals surface area contributed by atoms with Gasteiger partial charge in [-0.3, -0.25) is 14.9 Å². The van der Waals surface area contributed by atoms with Gasteiger partial charge in [-0.05, 0) is 30.7 Å². The van der Waals surface area contributed by atoms with Crippen molar-refractivity contribution in [2.45, 2.75) is 19.9 Å². The highest BCUT2D eigenvalue weighted by Crippen LogP contribution is 2.21. The number of carbonyl (C=O) groups excluding carboxylic acids is 2. The minimum atomic E-state index is -0.414. The van der Waals surface area contributed by atoms with E-state index < -0.39 is 17.6 Å². The number of amides is 2. The number of rotatable bonds is 5. The fraction of sp³-hybridized carbons (Fsp3) is 0.429. The third-order valence-electron chi connectivity index (χ3n) is 3.06. The highest BCUT2D eigenvalue weighted by Gasteiger charge is 2.24. The van der Waals surface area contributed by atoms with Gasteiger partial charge in [-0.15, -0.1) is 0 Å². The van der Waals surface area contributed by atoms with Crippen LogP contribution in [0.5, 0.6) is 0 Å². The highest BCUT2D eigenvalue weighted by molar-refractivity contribution is 6.02. The van der Waals surface area contributed by atoms with E-state index in [-0.39, 0.29) is 18.8 Å². The van der Waals surface area contributed by atoms with Crippen LogP contribution in [-0.4, -0.2) is 31.4 Å². The number of benzene rings is 1. The van der Waals surface area contributed by atoms with Crippen LogP contribution in [0.15, 0.2) is 18.2 Å². The van der Waals surface area contributed by atoms with Crippen molar-refractivity contribution < 1.29 is 14.0 Å². The standard InChI is InChI=1S/C14H18FN3O2/c1-2-5-16-7-10-3-4-12(11(15)6-10)18-8-13(19)17-14(20)9-18/h3-4,6,16H,2,5,7-9H2,1H3,(H,17,19,20). The summed E-state index contributed by atoms with van der Waals surface area (Å²) in [7, 11) is 0. The average Bonchev–Trinajstić information content (AvgIpc) is 2.38. The molecule has 0 aromatic heterocycles. The minimum Gasteiger partial charge on any atom is -0.351 e. The molecule has 0 unspecified atom stereocenters. The number of nitrogens with zero attached hydrogens (tertiary/aromatic N) is 1. The molecule has 0 spiro atoms. The first kappa shape index (κ1) is 14.5. The normalized spacial score (nSPS) is 15.4. The molecule has 0 saturated carbocycles. The molecule has 2 amide bonds. The fourth-order valence-corrected chi connectivity index (χ4v) is 2.13. The SMILES string of the molecule is CCCNCc1ccc(N2CC(=O)NC(=O)C2)c(F)c1. The van der Waals surface area contributed by atoms with Crippen LogP contribution in [0, 0.1) is 5.82 Å². The Labute approximate surface area is 117 Å². The molecule has 1 heterocycles. The summed E-state index contributed by atoms with van der Waals surface area (Å²) >= 11 is 0. The molecule has 1 fully saturated rings. The molecule has 0 radical (unpaired) electrons. The summed E-state index contributed by atoms with van der Waals surface area (Å²) in [4.78, 5) is 24.1. The van der Waals surface area contributed by atoms with Gasteiger partial charge in [-0.25, -0.2) is 4.39 Å². The molecule has 1 aromatic rings. The van der Waals surface area contributed by atoms with Crippen LogP contribution in [0.1, 0.15) is 18.9 Å². The van der Waals surface area contributed by atoms with Gasteiger partial charge in [0.2, 0.25) is 11.8 Å². The van der Waals surface area contributed by atoms with Crippen LogP contribution in [-0.2, 0) is 16.1 Å². The molecular formula is C14H18FN3O2. The Morgan fingerprint density at radius 2 is 2.00 bits per heavy atom. The number of carbonyl (C=O) groups is 2. The smallest absolute Gasteiger partial charge is 0.246 e. The van der Waals surface area contributed by atoms with Crippen LogP contribution < -0.4 is 15.5 Å². The average molecular weight is 279 g/mol. The summed E-state index contributed by atoms with van der Waals surface area (Å²) in [5.41, 5.74) is 1.12. The van der Waals surface area contributed by atoms with Crippen LogP contribution in [0.25, 0.3) is 0 Å². The van der Waals surface area contributed by atoms with Gasteiger partial charge in [0, 0.05) is 6.54 Å². The number of halogens is 1. The predicted octanol–water partition coefficient (Wildman–Crippen LogP) is 0.788. The molecule has 1 aromatic carbocycles. The van der Waals surface area contributed by atoms with Crippen molar-refractivity contribution in [3.05, 3.63) is 29.6 Å². The number of nitrogens with one attached hydrogen (secondary N) is 2. The maximum absolute atomic E-state index is 14.1. The molecule has 1 aliphatic heterocycles. The Balaban J connectivity index is 2.09. The zero-order chi connectivity index (χ0) is 14.5. The van der Waals surface area contributed by atoms with Crippen molar-refractivity contribution in [3.8, 4) is 0 Å². The fourth-order valence-electron chi connectivity index (χ4n) is 2.13. The predicted molar refractivity (Wildman–Crippen MR) is 73.8 cm³/mol. The number of piperazine rings is 1. The van der Waals surface area contributed by atoms with Crippen LogP contribution >= 0.6 is 0 Å². The maximum Gasteiger partial charge on any atom is 0.246 e. The zero-order valence-corrected chi connectivity index (χ0v) is 11.4. The topological polar surface area (TPSA) is 61.4 Å². The second-order valence-electron chi connectivity index (χ2n) is 4.79. The van der Waals surface area contributed by atoms with Gasteiger partial charge in [0.1, 0.15) is 5.82 Å². The highest BCUT2D eigenvalue weighted by atomic mass is 19.1. The molecule has 2 rings (SSSR count). The molecule has 0 atom stereocenters. The summed E-state index contributed by atoms with van der Waals surface area (Å²) in [5, 5.41) is 5.39. The molecule has 1 saturated heterocycles. The molecule has 0 aliphatic carbocycles. The van der Waals surface area contributed by atoms with Gasteiger partial charge in [-0.2, -0.15) is 0 Å². The molecular weight excluding hydrogens is 261 g/mol. The first-order chi connectivity index (χ1) is 9.60. The maximum atomic E-state index is 14.1. The van der Waals surface area contributed by atoms with Crippen molar-refractivity contribution in [1.82, 2.24) is 10.6 Å². The largest absolute Gasteiger partial charge is 0.351 e. The molecule has 5 nitrogen and oxygen atoms in total. The van der Waals surface area contributed by atoms with Gasteiger partial charge in [0.15, 0.2) is 0 Å². The summed E-state index contributed by atoms with van der Waals surface area (Å²) in [5.74, 6) is -1.23. The van der Waals surface area contributed by atoms with E-state index in [1.807, 2.05) is 0 Å². The van der Waals surface area contributed by atoms with Gasteiger partial charge in [0.05, 0.1) is 18.8 Å². The van der Waals surface area contributed by atoms with Crippen molar-refractivity contribution in [1.29, 1.82) is 0 Å². The Hall–Kier alpha value is -1.95. The Kier molecular flexibility index (Phi) is 4.68. The number of hydrogen-bond donors (Lipinski definition) is 2. The Bertz CT molecular complexity index is 503. The lowest BCUT2D eigenvalue weighted by molar-refractivity contribution is -0.130. The van der Waals surface area contributed by atoms with E-state index in [9.17, 15) is 14.0 Å². The van der Waals surface area contributed by atoms with Gasteiger partial charge in [0.25, 0.3) is 0 Å². The van der Waals surface area contributed by atoms with Crippen molar-refractivity contribution in [2.75, 3.05) is 24.5 Å². The number of anilines is 1. The van der Waals surface area contributed by atoms with Gasteiger partial charge < -0.3 is 10.2 Å². The van der Waals surface area contributed by atoms with E-state index in [1.54, 1.807) is 12.1 Å². The Morgan fingerprint density at radius 3 is 2.60 bits per heavy atom. The molecule has 1 aliphatic rings. The summed E-state index contributed by atoms with van der Waals surface area (Å²) in [6.45, 7) is 3.54. The van der Waals surface area contributed by atoms with Crippen LogP contribution in [0.2, 0.25) is 0 Å². The van der Waals surface area contributed by atoms with Crippen molar-refractivity contribution in [2.24, 2.45) is 0 Å². The van der Waals surface area contributed by atoms with E-state index in [0.29, 0.717) is 6.54 Å². The zero-order valence-electron chi connectivity index (χ0n) is 11.4. The van der Waals surface area contributed by atoms with E-state index in [1.165, 1.54) is 11.0 Å². The quantitative estimate of drug-likeness (QED) is 0.618. The number of imide groups is 1. The first-order valence-electron chi connectivity index (χ1n) is 6.67. The van der Waals surface area contributed by atoms with Gasteiger partial charge in [-0.1, -0.05) is 13.0 Å². The number of hydrogen-bond acceptors (Lipinski definition) is 4. The Morgan fingerprint density at radius 1 is 1.30 bits per heavy atom. The van der Waals surface area contributed by atoms with E-state index in [4.69, 9.17) is 0 Å². The lowest BCUT2D eigenvalue weighted by Gasteiger charge is -2.27. The van der Waals surface area contributed by atoms with E-state index in [2.05, 4.69) is 17.6 Å². The molecule has 2 N–H and O–H groups in total. The molecule has 20 heavy (non-hydrogen) atoms. The summed E-state index contributed by atoms with van der Waals surface area (Å²) in [6.07, 6.45) is 1.02. The van der Waals surface area contributed by atoms with Crippen molar-refractivity contribution >= 4 is 17.5 Å². The lowest BCUT2D eigenvalue weighted by Crippen LogP contribution is -2.51. The minimum absolute atomic E-state index is 0.00388. The molecule has 6 heteroatoms. The van der Waals surface area contributed by atoms with E-state index in [0.717, 1.165) is 18.5 Å². The molecule has 108 valence electrons. The second-order valence-corrected chi connectivity index (χ2v) is 4.79. The van der Waals surface area contributed by atoms with Gasteiger partial charge >= 0.3 is 0 Å². The van der Waals surface area contributed by atoms with Crippen molar-refractivity contribution in [3.63, 3.8) is 0 Å². The van der Waals surface area contributed by atoms with Crippen LogP contribution in [0.4, 0.5) is 10.1 Å². The van der Waals surface area contributed by atoms with E-state index >= 15 is 0 Å². The third-order valence-corrected chi connectivity index (χ3v) is 3.06. The first-order valence-corrected chi connectivity index (χ1v) is 6.67. The summed E-state index contributed by atoms with van der Waals surface area (Å²) in [6, 6.07) is 4.86. The van der Waals surface area contributed by atoms with Crippen LogP contribution in [0.3, 0.4) is 0 Å². The molecule has 0 bridgehead atoms. The second kappa shape index (κ2) is 6.47. The monoisotopic (exact) mass is 279 g/mol. The third kappa shape index (κ3) is 3.54. The lowest BCUT2D eigenvalue weighted by atomic mass is 10.1.